The summed E-state index contributed by atoms with van der Waals surface area (Å²) < 4.78 is 45.1. The monoisotopic (exact) mass is 406 g/mol. The summed E-state index contributed by atoms with van der Waals surface area (Å²) in [5.41, 5.74) is -0.638. The number of aromatic amines is 1. The average molecular weight is 407 g/mol. The fraction of sp³-hybridized carbons (Fsp3) is 0.529. The van der Waals surface area contributed by atoms with Gasteiger partial charge in [0.2, 0.25) is 5.89 Å². The van der Waals surface area contributed by atoms with Gasteiger partial charge in [-0.2, -0.15) is 13.2 Å². The summed E-state index contributed by atoms with van der Waals surface area (Å²) in [6, 6.07) is 3.36. The molecule has 1 fully saturated rings. The molecule has 0 bridgehead atoms. The Morgan fingerprint density at radius 2 is 1.96 bits per heavy atom. The first kappa shape index (κ1) is 21.3. The first-order valence-electron chi connectivity index (χ1n) is 8.43. The van der Waals surface area contributed by atoms with Gasteiger partial charge in [-0.25, -0.2) is 9.89 Å². The minimum atomic E-state index is -4.50. The van der Waals surface area contributed by atoms with E-state index in [1.54, 1.807) is 0 Å². The molecule has 0 spiro atoms. The van der Waals surface area contributed by atoms with Crippen LogP contribution in [0.1, 0.15) is 32.3 Å². The normalized spacial score (nSPS) is 17.8. The summed E-state index contributed by atoms with van der Waals surface area (Å²) in [6.45, 7) is 5.66. The molecule has 1 atom stereocenters. The number of nitrogens with zero attached hydrogens (tertiary/aromatic N) is 1. The van der Waals surface area contributed by atoms with Gasteiger partial charge in [-0.3, -0.25) is 0 Å². The van der Waals surface area contributed by atoms with Crippen molar-refractivity contribution in [1.29, 1.82) is 0 Å². The number of H-pyrrole nitrogens is 1. The molecule has 0 amide bonds. The molecule has 10 heteroatoms. The van der Waals surface area contributed by atoms with Crippen molar-refractivity contribution >= 4 is 18.1 Å². The molecule has 0 unspecified atom stereocenters. The van der Waals surface area contributed by atoms with Gasteiger partial charge in [0.25, 0.3) is 0 Å². The van der Waals surface area contributed by atoms with Gasteiger partial charge in [0.15, 0.2) is 0 Å². The van der Waals surface area contributed by atoms with E-state index in [-0.39, 0.29) is 35.4 Å². The van der Waals surface area contributed by atoms with Gasteiger partial charge < -0.3 is 15.1 Å². The van der Waals surface area contributed by atoms with Crippen LogP contribution < -0.4 is 16.4 Å². The largest absolute Gasteiger partial charge is 0.434 e. The first-order valence-corrected chi connectivity index (χ1v) is 8.43. The molecule has 2 heterocycles. The van der Waals surface area contributed by atoms with Crippen molar-refractivity contribution < 1.29 is 17.6 Å². The quantitative estimate of drug-likeness (QED) is 0.721. The van der Waals surface area contributed by atoms with E-state index in [9.17, 15) is 18.0 Å². The maximum atomic E-state index is 13.4. The van der Waals surface area contributed by atoms with Crippen LogP contribution in [0.3, 0.4) is 0 Å². The second-order valence-electron chi connectivity index (χ2n) is 6.95. The second kappa shape index (κ2) is 7.93. The number of anilines is 1. The summed E-state index contributed by atoms with van der Waals surface area (Å²) in [5.74, 6) is -0.808. The third-order valence-electron chi connectivity index (χ3n) is 5.17. The summed E-state index contributed by atoms with van der Waals surface area (Å²) in [5, 5.41) is 12.1. The van der Waals surface area contributed by atoms with Crippen molar-refractivity contribution in [2.24, 2.45) is 5.41 Å². The van der Waals surface area contributed by atoms with E-state index >= 15 is 0 Å². The third-order valence-corrected chi connectivity index (χ3v) is 5.17. The molecule has 3 N–H and O–H groups in total. The van der Waals surface area contributed by atoms with Gasteiger partial charge in [-0.1, -0.05) is 6.92 Å². The Balaban J connectivity index is 0.00000261. The second-order valence-corrected chi connectivity index (χ2v) is 6.95. The van der Waals surface area contributed by atoms with E-state index in [0.29, 0.717) is 5.56 Å². The minimum absolute atomic E-state index is 0. The zero-order valence-corrected chi connectivity index (χ0v) is 15.8. The molecular formula is C17H22ClF3N4O2. The Morgan fingerprint density at radius 3 is 2.52 bits per heavy atom. The SMILES string of the molecule is C[C@H](Nc1cc(-c2n[nH]c(=O)o2)ccc1C(F)(F)F)C1(C)CCNCC1.Cl. The van der Waals surface area contributed by atoms with Gasteiger partial charge in [-0.05, 0) is 56.5 Å². The summed E-state index contributed by atoms with van der Waals surface area (Å²) in [6.07, 6.45) is -2.76. The molecule has 3 rings (SSSR count). The topological polar surface area (TPSA) is 83.0 Å². The molecular weight excluding hydrogens is 385 g/mol. The van der Waals surface area contributed by atoms with Crippen molar-refractivity contribution in [3.63, 3.8) is 0 Å². The van der Waals surface area contributed by atoms with Crippen molar-refractivity contribution in [2.75, 3.05) is 18.4 Å². The Kier molecular flexibility index (Phi) is 6.26. The van der Waals surface area contributed by atoms with Crippen LogP contribution in [0.4, 0.5) is 18.9 Å². The third kappa shape index (κ3) is 4.65. The van der Waals surface area contributed by atoms with Crippen LogP contribution in [0.2, 0.25) is 0 Å². The number of rotatable bonds is 4. The number of piperidine rings is 1. The highest BCUT2D eigenvalue weighted by Crippen LogP contribution is 2.40. The average Bonchev–Trinajstić information content (AvgIpc) is 3.01. The molecule has 0 saturated carbocycles. The van der Waals surface area contributed by atoms with Crippen molar-refractivity contribution in [3.05, 3.63) is 34.3 Å². The van der Waals surface area contributed by atoms with Crippen LogP contribution in [-0.4, -0.2) is 29.3 Å². The first-order chi connectivity index (χ1) is 12.2. The zero-order valence-electron chi connectivity index (χ0n) is 14.9. The number of halogens is 4. The number of hydrogen-bond acceptors (Lipinski definition) is 5. The standard InChI is InChI=1S/C17H21F3N4O2.ClH/c1-10(16(2)5-7-21-8-6-16)22-13-9-11(14-23-24-15(25)26-14)3-4-12(13)17(18,19)20;/h3-4,9-10,21-22H,5-8H2,1-2H3,(H,24,25);1H/t10-;/m0./s1. The lowest BCUT2D eigenvalue weighted by atomic mass is 9.75. The zero-order chi connectivity index (χ0) is 18.9. The van der Waals surface area contributed by atoms with Gasteiger partial charge in [0.1, 0.15) is 0 Å². The van der Waals surface area contributed by atoms with Crippen LogP contribution in [0.15, 0.2) is 27.4 Å². The Labute approximate surface area is 160 Å². The molecule has 1 aliphatic heterocycles. The van der Waals surface area contributed by atoms with Crippen molar-refractivity contribution in [1.82, 2.24) is 15.5 Å². The fourth-order valence-corrected chi connectivity index (χ4v) is 3.24. The number of aromatic nitrogens is 2. The highest BCUT2D eigenvalue weighted by atomic mass is 35.5. The molecule has 6 nitrogen and oxygen atoms in total. The molecule has 1 aromatic carbocycles. The van der Waals surface area contributed by atoms with E-state index in [0.717, 1.165) is 32.0 Å². The molecule has 1 aliphatic rings. The highest BCUT2D eigenvalue weighted by Gasteiger charge is 2.37. The van der Waals surface area contributed by atoms with Crippen molar-refractivity contribution in [2.45, 2.75) is 38.9 Å². The molecule has 1 saturated heterocycles. The molecule has 150 valence electrons. The molecule has 2 aromatic rings. The maximum absolute atomic E-state index is 13.4. The van der Waals surface area contributed by atoms with E-state index in [1.807, 2.05) is 6.92 Å². The van der Waals surface area contributed by atoms with Crippen LogP contribution in [0.25, 0.3) is 11.5 Å². The summed E-state index contributed by atoms with van der Waals surface area (Å²) in [4.78, 5) is 11.1. The van der Waals surface area contributed by atoms with Crippen LogP contribution in [0.5, 0.6) is 0 Å². The minimum Gasteiger partial charge on any atom is -0.388 e. The van der Waals surface area contributed by atoms with Gasteiger partial charge in [0, 0.05) is 17.3 Å². The smallest absolute Gasteiger partial charge is 0.388 e. The van der Waals surface area contributed by atoms with E-state index in [4.69, 9.17) is 4.42 Å². The maximum Gasteiger partial charge on any atom is 0.434 e. The Morgan fingerprint density at radius 1 is 1.30 bits per heavy atom. The van der Waals surface area contributed by atoms with E-state index < -0.39 is 17.5 Å². The predicted octanol–water partition coefficient (Wildman–Crippen LogP) is 3.66. The van der Waals surface area contributed by atoms with Gasteiger partial charge in [-0.15, -0.1) is 17.5 Å². The molecule has 0 radical (unpaired) electrons. The van der Waals surface area contributed by atoms with Gasteiger partial charge in [0.05, 0.1) is 5.56 Å². The highest BCUT2D eigenvalue weighted by molar-refractivity contribution is 5.85. The number of nitrogens with one attached hydrogen (secondary N) is 3. The number of benzene rings is 1. The summed E-state index contributed by atoms with van der Waals surface area (Å²) in [7, 11) is 0. The molecule has 1 aromatic heterocycles. The van der Waals surface area contributed by atoms with Gasteiger partial charge >= 0.3 is 11.9 Å². The van der Waals surface area contributed by atoms with Crippen LogP contribution in [0, 0.1) is 5.41 Å². The number of hydrogen-bond donors (Lipinski definition) is 3. The Bertz CT molecular complexity index is 828. The van der Waals surface area contributed by atoms with Crippen LogP contribution in [-0.2, 0) is 6.18 Å². The predicted molar refractivity (Wildman–Crippen MR) is 98.1 cm³/mol. The molecule has 27 heavy (non-hydrogen) atoms. The van der Waals surface area contributed by atoms with Crippen LogP contribution >= 0.6 is 12.4 Å². The Hall–Kier alpha value is -2.00. The lowest BCUT2D eigenvalue weighted by molar-refractivity contribution is -0.137. The number of alkyl halides is 3. The lowest BCUT2D eigenvalue weighted by Crippen LogP contribution is -2.44. The van der Waals surface area contributed by atoms with E-state index in [1.165, 1.54) is 12.1 Å². The fourth-order valence-electron chi connectivity index (χ4n) is 3.24. The lowest BCUT2D eigenvalue weighted by Gasteiger charge is -2.40. The summed E-state index contributed by atoms with van der Waals surface area (Å²) >= 11 is 0. The molecule has 0 aliphatic carbocycles. The van der Waals surface area contributed by atoms with E-state index in [2.05, 4.69) is 27.8 Å². The van der Waals surface area contributed by atoms with Crippen molar-refractivity contribution in [3.8, 4) is 11.5 Å².